The van der Waals surface area contributed by atoms with Gasteiger partial charge in [-0.25, -0.2) is 0 Å². The molecule has 0 aliphatic carbocycles. The third-order valence-electron chi connectivity index (χ3n) is 2.26. The fourth-order valence-electron chi connectivity index (χ4n) is 1.49. The van der Waals surface area contributed by atoms with Gasteiger partial charge < -0.3 is 15.8 Å². The van der Waals surface area contributed by atoms with Gasteiger partial charge in [-0.15, -0.1) is 0 Å². The molecule has 18 heavy (non-hydrogen) atoms. The highest BCUT2D eigenvalue weighted by Crippen LogP contribution is 2.21. The molecule has 3 N–H and O–H groups in total. The molecule has 98 valence electrons. The minimum atomic E-state index is -0.616. The molecular weight excluding hydrogens is 238 g/mol. The fourth-order valence-corrected chi connectivity index (χ4v) is 1.49. The van der Waals surface area contributed by atoms with E-state index in [0.29, 0.717) is 12.3 Å². The minimum absolute atomic E-state index is 0.0528. The lowest BCUT2D eigenvalue weighted by molar-refractivity contribution is -0.385. The molecule has 1 unspecified atom stereocenters. The molecule has 0 heterocycles. The number of nitrogen functional groups attached to an aromatic ring is 1. The van der Waals surface area contributed by atoms with E-state index in [2.05, 4.69) is 5.32 Å². The summed E-state index contributed by atoms with van der Waals surface area (Å²) < 4.78 is 4.87. The Hall–Kier alpha value is -2.15. The molecule has 0 fully saturated rings. The van der Waals surface area contributed by atoms with Crippen LogP contribution in [0.2, 0.25) is 0 Å². The second-order valence-corrected chi connectivity index (χ2v) is 3.86. The summed E-state index contributed by atoms with van der Waals surface area (Å²) in [5.74, 6) is -0.543. The highest BCUT2D eigenvalue weighted by Gasteiger charge is 2.21. The number of amides is 1. The summed E-state index contributed by atoms with van der Waals surface area (Å²) in [5, 5.41) is 13.4. The van der Waals surface area contributed by atoms with Crippen molar-refractivity contribution in [2.75, 3.05) is 19.5 Å². The first-order chi connectivity index (χ1) is 8.45. The Morgan fingerprint density at radius 2 is 2.28 bits per heavy atom. The van der Waals surface area contributed by atoms with Crippen LogP contribution in [0.25, 0.3) is 0 Å². The molecule has 1 rings (SSSR count). The molecule has 0 aliphatic heterocycles. The van der Waals surface area contributed by atoms with Crippen molar-refractivity contribution < 1.29 is 14.5 Å². The topological polar surface area (TPSA) is 107 Å². The van der Waals surface area contributed by atoms with Crippen LogP contribution < -0.4 is 11.1 Å². The number of hydrogen-bond donors (Lipinski definition) is 2. The summed E-state index contributed by atoms with van der Waals surface area (Å²) in [6.07, 6.45) is 0. The molecule has 7 nitrogen and oxygen atoms in total. The SMILES string of the molecule is COCC(C)NC(=O)c1cc(N)ccc1[N+](=O)[O-]. The molecule has 0 radical (unpaired) electrons. The first-order valence-electron chi connectivity index (χ1n) is 5.29. The number of nitro benzene ring substituents is 1. The van der Waals surface area contributed by atoms with E-state index in [4.69, 9.17) is 10.5 Å². The Labute approximate surface area is 104 Å². The van der Waals surface area contributed by atoms with Crippen LogP contribution in [0.5, 0.6) is 0 Å². The highest BCUT2D eigenvalue weighted by atomic mass is 16.6. The Bertz CT molecular complexity index is 462. The van der Waals surface area contributed by atoms with E-state index in [1.165, 1.54) is 25.3 Å². The minimum Gasteiger partial charge on any atom is -0.399 e. The van der Waals surface area contributed by atoms with Crippen LogP contribution in [0.15, 0.2) is 18.2 Å². The van der Waals surface area contributed by atoms with Crippen molar-refractivity contribution in [3.63, 3.8) is 0 Å². The maximum atomic E-state index is 11.9. The van der Waals surface area contributed by atoms with E-state index in [1.54, 1.807) is 6.92 Å². The highest BCUT2D eigenvalue weighted by molar-refractivity contribution is 5.99. The molecule has 7 heteroatoms. The van der Waals surface area contributed by atoms with Crippen molar-refractivity contribution in [2.24, 2.45) is 0 Å². The third-order valence-corrected chi connectivity index (χ3v) is 2.26. The molecule has 1 aromatic carbocycles. The zero-order chi connectivity index (χ0) is 13.7. The zero-order valence-corrected chi connectivity index (χ0v) is 10.2. The average molecular weight is 253 g/mol. The van der Waals surface area contributed by atoms with Gasteiger partial charge in [-0.1, -0.05) is 0 Å². The zero-order valence-electron chi connectivity index (χ0n) is 10.2. The summed E-state index contributed by atoms with van der Waals surface area (Å²) in [4.78, 5) is 22.1. The number of methoxy groups -OCH3 is 1. The van der Waals surface area contributed by atoms with Crippen molar-refractivity contribution in [3.05, 3.63) is 33.9 Å². The van der Waals surface area contributed by atoms with Gasteiger partial charge in [0.1, 0.15) is 5.56 Å². The molecule has 0 spiro atoms. The molecule has 0 saturated heterocycles. The van der Waals surface area contributed by atoms with Crippen LogP contribution in [0.3, 0.4) is 0 Å². The van der Waals surface area contributed by atoms with Crippen LogP contribution in [-0.4, -0.2) is 30.6 Å². The van der Waals surface area contributed by atoms with E-state index in [1.807, 2.05) is 0 Å². The smallest absolute Gasteiger partial charge is 0.282 e. The number of carbonyl (C=O) groups excluding carboxylic acids is 1. The van der Waals surface area contributed by atoms with Crippen molar-refractivity contribution in [3.8, 4) is 0 Å². The number of ether oxygens (including phenoxy) is 1. The van der Waals surface area contributed by atoms with Crippen molar-refractivity contribution in [2.45, 2.75) is 13.0 Å². The van der Waals surface area contributed by atoms with Gasteiger partial charge >= 0.3 is 0 Å². The van der Waals surface area contributed by atoms with Crippen molar-refractivity contribution in [1.82, 2.24) is 5.32 Å². The number of nitro groups is 1. The quantitative estimate of drug-likeness (QED) is 0.461. The monoisotopic (exact) mass is 253 g/mol. The molecule has 0 aromatic heterocycles. The van der Waals surface area contributed by atoms with Gasteiger partial charge in [0.15, 0.2) is 0 Å². The summed E-state index contributed by atoms with van der Waals surface area (Å²) in [6.45, 7) is 2.06. The third kappa shape index (κ3) is 3.42. The van der Waals surface area contributed by atoms with E-state index in [9.17, 15) is 14.9 Å². The number of nitrogens with one attached hydrogen (secondary N) is 1. The van der Waals surface area contributed by atoms with Crippen LogP contribution in [0, 0.1) is 10.1 Å². The fraction of sp³-hybridized carbons (Fsp3) is 0.364. The van der Waals surface area contributed by atoms with E-state index in [-0.39, 0.29) is 17.3 Å². The van der Waals surface area contributed by atoms with Gasteiger partial charge in [-0.2, -0.15) is 0 Å². The van der Waals surface area contributed by atoms with E-state index in [0.717, 1.165) is 0 Å². The van der Waals surface area contributed by atoms with Crippen LogP contribution in [-0.2, 0) is 4.74 Å². The van der Waals surface area contributed by atoms with Gasteiger partial charge in [0.2, 0.25) is 0 Å². The summed E-state index contributed by atoms with van der Waals surface area (Å²) in [6, 6.07) is 3.63. The Morgan fingerprint density at radius 3 is 2.83 bits per heavy atom. The molecular formula is C11H15N3O4. The lowest BCUT2D eigenvalue weighted by Crippen LogP contribution is -2.35. The van der Waals surface area contributed by atoms with Gasteiger partial charge in [0.05, 0.1) is 11.5 Å². The van der Waals surface area contributed by atoms with Crippen LogP contribution >= 0.6 is 0 Å². The maximum absolute atomic E-state index is 11.9. The normalized spacial score (nSPS) is 11.9. The van der Waals surface area contributed by atoms with Crippen molar-refractivity contribution in [1.29, 1.82) is 0 Å². The Kier molecular flexibility index (Phi) is 4.61. The number of nitrogens with zero attached hydrogens (tertiary/aromatic N) is 1. The van der Waals surface area contributed by atoms with Gasteiger partial charge in [-0.05, 0) is 19.1 Å². The molecule has 1 atom stereocenters. The number of nitrogens with two attached hydrogens (primary N) is 1. The van der Waals surface area contributed by atoms with E-state index >= 15 is 0 Å². The molecule has 0 aliphatic rings. The van der Waals surface area contributed by atoms with Crippen molar-refractivity contribution >= 4 is 17.3 Å². The number of benzene rings is 1. The van der Waals surface area contributed by atoms with Gasteiger partial charge in [0.25, 0.3) is 11.6 Å². The number of rotatable bonds is 5. The van der Waals surface area contributed by atoms with Crippen LogP contribution in [0.1, 0.15) is 17.3 Å². The summed E-state index contributed by atoms with van der Waals surface area (Å²) in [7, 11) is 1.51. The Balaban J connectivity index is 2.97. The number of anilines is 1. The lowest BCUT2D eigenvalue weighted by Gasteiger charge is -2.12. The number of hydrogen-bond acceptors (Lipinski definition) is 5. The maximum Gasteiger partial charge on any atom is 0.282 e. The van der Waals surface area contributed by atoms with Crippen LogP contribution in [0.4, 0.5) is 11.4 Å². The largest absolute Gasteiger partial charge is 0.399 e. The predicted molar refractivity (Wildman–Crippen MR) is 66.3 cm³/mol. The summed E-state index contributed by atoms with van der Waals surface area (Å²) in [5.41, 5.74) is 5.50. The van der Waals surface area contributed by atoms with Gasteiger partial charge in [0, 0.05) is 24.9 Å². The number of carbonyl (C=O) groups is 1. The second kappa shape index (κ2) is 5.97. The summed E-state index contributed by atoms with van der Waals surface area (Å²) >= 11 is 0. The molecule has 0 bridgehead atoms. The molecule has 1 aromatic rings. The average Bonchev–Trinajstić information content (AvgIpc) is 2.28. The first kappa shape index (κ1) is 13.9. The second-order valence-electron chi connectivity index (χ2n) is 3.86. The van der Waals surface area contributed by atoms with E-state index < -0.39 is 10.8 Å². The molecule has 1 amide bonds. The standard InChI is InChI=1S/C11H15N3O4/c1-7(6-18-2)13-11(15)9-5-8(12)3-4-10(9)14(16)17/h3-5,7H,6,12H2,1-2H3,(H,13,15). The Morgan fingerprint density at radius 1 is 1.61 bits per heavy atom. The lowest BCUT2D eigenvalue weighted by atomic mass is 10.1. The molecule has 0 saturated carbocycles. The first-order valence-corrected chi connectivity index (χ1v) is 5.29. The predicted octanol–water partition coefficient (Wildman–Crippen LogP) is 0.942. The van der Waals surface area contributed by atoms with Gasteiger partial charge in [-0.3, -0.25) is 14.9 Å².